The van der Waals surface area contributed by atoms with Gasteiger partial charge in [-0.15, -0.1) is 0 Å². The van der Waals surface area contributed by atoms with Gasteiger partial charge in [-0.25, -0.2) is 4.39 Å². The van der Waals surface area contributed by atoms with Crippen LogP contribution >= 0.6 is 0 Å². The van der Waals surface area contributed by atoms with Crippen molar-refractivity contribution >= 4 is 5.91 Å². The SMILES string of the molecule is O=C(c1ccc(F)cc1)N(CCO)CC1CCCN1. The predicted molar refractivity (Wildman–Crippen MR) is 70.4 cm³/mol. The molecule has 1 unspecified atom stereocenters. The van der Waals surface area contributed by atoms with Crippen LogP contribution in [0.1, 0.15) is 23.2 Å². The molecule has 1 fully saturated rings. The molecular formula is C14H19FN2O2. The molecule has 4 nitrogen and oxygen atoms in total. The number of hydrogen-bond acceptors (Lipinski definition) is 3. The zero-order valence-corrected chi connectivity index (χ0v) is 10.8. The molecule has 2 rings (SSSR count). The molecule has 0 aliphatic carbocycles. The Bertz CT molecular complexity index is 416. The summed E-state index contributed by atoms with van der Waals surface area (Å²) in [6.07, 6.45) is 2.15. The minimum atomic E-state index is -0.359. The molecule has 1 aromatic carbocycles. The third kappa shape index (κ3) is 3.75. The lowest BCUT2D eigenvalue weighted by Gasteiger charge is -2.25. The molecule has 19 heavy (non-hydrogen) atoms. The van der Waals surface area contributed by atoms with E-state index in [0.717, 1.165) is 19.4 Å². The molecular weight excluding hydrogens is 247 g/mol. The summed E-state index contributed by atoms with van der Waals surface area (Å²) in [5.74, 6) is -0.523. The summed E-state index contributed by atoms with van der Waals surface area (Å²) < 4.78 is 12.9. The average molecular weight is 266 g/mol. The Morgan fingerprint density at radius 2 is 2.16 bits per heavy atom. The van der Waals surface area contributed by atoms with E-state index in [2.05, 4.69) is 5.32 Å². The summed E-state index contributed by atoms with van der Waals surface area (Å²) in [5, 5.41) is 12.4. The molecule has 1 atom stereocenters. The molecule has 2 N–H and O–H groups in total. The third-order valence-corrected chi connectivity index (χ3v) is 3.35. The van der Waals surface area contributed by atoms with Crippen LogP contribution in [0.25, 0.3) is 0 Å². The van der Waals surface area contributed by atoms with Crippen molar-refractivity contribution in [1.29, 1.82) is 0 Å². The van der Waals surface area contributed by atoms with Gasteiger partial charge in [-0.05, 0) is 43.7 Å². The Morgan fingerprint density at radius 1 is 1.42 bits per heavy atom. The van der Waals surface area contributed by atoms with Gasteiger partial charge in [0.2, 0.25) is 0 Å². The topological polar surface area (TPSA) is 52.6 Å². The second-order valence-electron chi connectivity index (χ2n) is 4.77. The van der Waals surface area contributed by atoms with Crippen LogP contribution in [0.5, 0.6) is 0 Å². The highest BCUT2D eigenvalue weighted by molar-refractivity contribution is 5.94. The maximum Gasteiger partial charge on any atom is 0.253 e. The smallest absolute Gasteiger partial charge is 0.253 e. The highest BCUT2D eigenvalue weighted by atomic mass is 19.1. The van der Waals surface area contributed by atoms with Crippen LogP contribution in [0.4, 0.5) is 4.39 Å². The van der Waals surface area contributed by atoms with Gasteiger partial charge in [-0.1, -0.05) is 0 Å². The second kappa shape index (κ2) is 6.63. The van der Waals surface area contributed by atoms with E-state index in [4.69, 9.17) is 5.11 Å². The fourth-order valence-electron chi connectivity index (χ4n) is 2.35. The first-order valence-electron chi connectivity index (χ1n) is 6.60. The standard InChI is InChI=1S/C14H19FN2O2/c15-12-5-3-11(4-6-12)14(19)17(8-9-18)10-13-2-1-7-16-13/h3-6,13,16,18H,1-2,7-10H2. The number of aliphatic hydroxyl groups is 1. The maximum absolute atomic E-state index is 12.9. The van der Waals surface area contributed by atoms with Crippen LogP contribution in [-0.4, -0.2) is 48.2 Å². The molecule has 1 amide bonds. The van der Waals surface area contributed by atoms with Crippen molar-refractivity contribution in [2.75, 3.05) is 26.2 Å². The Hall–Kier alpha value is -1.46. The number of nitrogens with one attached hydrogen (secondary N) is 1. The summed E-state index contributed by atoms with van der Waals surface area (Å²) in [7, 11) is 0. The predicted octanol–water partition coefficient (Wildman–Crippen LogP) is 1.01. The third-order valence-electron chi connectivity index (χ3n) is 3.35. The van der Waals surface area contributed by atoms with Crippen LogP contribution in [0.15, 0.2) is 24.3 Å². The zero-order valence-electron chi connectivity index (χ0n) is 10.8. The van der Waals surface area contributed by atoms with Crippen molar-refractivity contribution in [2.24, 2.45) is 0 Å². The summed E-state index contributed by atoms with van der Waals surface area (Å²) >= 11 is 0. The molecule has 0 aromatic heterocycles. The van der Waals surface area contributed by atoms with Crippen LogP contribution < -0.4 is 5.32 Å². The number of halogens is 1. The summed E-state index contributed by atoms with van der Waals surface area (Å²) in [6, 6.07) is 5.79. The highest BCUT2D eigenvalue weighted by Gasteiger charge is 2.22. The fourth-order valence-corrected chi connectivity index (χ4v) is 2.35. The quantitative estimate of drug-likeness (QED) is 0.836. The molecule has 5 heteroatoms. The summed E-state index contributed by atoms with van der Waals surface area (Å²) in [6.45, 7) is 1.78. The lowest BCUT2D eigenvalue weighted by Crippen LogP contribution is -2.42. The van der Waals surface area contributed by atoms with Gasteiger partial charge in [0.25, 0.3) is 5.91 Å². The number of rotatable bonds is 5. The lowest BCUT2D eigenvalue weighted by molar-refractivity contribution is 0.0706. The molecule has 1 aliphatic rings. The molecule has 0 spiro atoms. The molecule has 0 bridgehead atoms. The van der Waals surface area contributed by atoms with Crippen LogP contribution in [-0.2, 0) is 0 Å². The minimum Gasteiger partial charge on any atom is -0.395 e. The fraction of sp³-hybridized carbons (Fsp3) is 0.500. The van der Waals surface area contributed by atoms with E-state index in [0.29, 0.717) is 18.7 Å². The molecule has 1 saturated heterocycles. The number of carbonyl (C=O) groups excluding carboxylic acids is 1. The van der Waals surface area contributed by atoms with Crippen molar-refractivity contribution < 1.29 is 14.3 Å². The molecule has 1 aliphatic heterocycles. The lowest BCUT2D eigenvalue weighted by atomic mass is 10.1. The average Bonchev–Trinajstić information content (AvgIpc) is 2.91. The van der Waals surface area contributed by atoms with Gasteiger partial charge in [-0.2, -0.15) is 0 Å². The molecule has 0 saturated carbocycles. The first-order valence-corrected chi connectivity index (χ1v) is 6.60. The first kappa shape index (κ1) is 14.0. The molecule has 1 aromatic rings. The van der Waals surface area contributed by atoms with Crippen molar-refractivity contribution in [3.8, 4) is 0 Å². The molecule has 1 heterocycles. The van der Waals surface area contributed by atoms with Crippen LogP contribution in [0.3, 0.4) is 0 Å². The second-order valence-corrected chi connectivity index (χ2v) is 4.77. The van der Waals surface area contributed by atoms with Crippen molar-refractivity contribution in [3.05, 3.63) is 35.6 Å². The maximum atomic E-state index is 12.9. The van der Waals surface area contributed by atoms with Gasteiger partial charge < -0.3 is 15.3 Å². The number of amides is 1. The van der Waals surface area contributed by atoms with E-state index in [1.54, 1.807) is 4.90 Å². The number of benzene rings is 1. The van der Waals surface area contributed by atoms with Crippen molar-refractivity contribution in [3.63, 3.8) is 0 Å². The zero-order chi connectivity index (χ0) is 13.7. The van der Waals surface area contributed by atoms with Crippen molar-refractivity contribution in [2.45, 2.75) is 18.9 Å². The van der Waals surface area contributed by atoms with Crippen LogP contribution in [0.2, 0.25) is 0 Å². The van der Waals surface area contributed by atoms with Gasteiger partial charge >= 0.3 is 0 Å². The van der Waals surface area contributed by atoms with Gasteiger partial charge in [0.05, 0.1) is 6.61 Å². The van der Waals surface area contributed by atoms with E-state index in [1.165, 1.54) is 24.3 Å². The number of nitrogens with zero attached hydrogens (tertiary/aromatic N) is 1. The minimum absolute atomic E-state index is 0.0698. The number of hydrogen-bond donors (Lipinski definition) is 2. The van der Waals surface area contributed by atoms with E-state index in [1.807, 2.05) is 0 Å². The molecule has 0 radical (unpaired) electrons. The summed E-state index contributed by atoms with van der Waals surface area (Å²) in [4.78, 5) is 13.9. The molecule has 104 valence electrons. The van der Waals surface area contributed by atoms with E-state index < -0.39 is 0 Å². The van der Waals surface area contributed by atoms with Gasteiger partial charge in [-0.3, -0.25) is 4.79 Å². The van der Waals surface area contributed by atoms with Crippen molar-refractivity contribution in [1.82, 2.24) is 10.2 Å². The summed E-state index contributed by atoms with van der Waals surface area (Å²) in [5.41, 5.74) is 0.452. The first-order chi connectivity index (χ1) is 9.20. The number of aliphatic hydroxyl groups excluding tert-OH is 1. The monoisotopic (exact) mass is 266 g/mol. The van der Waals surface area contributed by atoms with Crippen LogP contribution in [0, 0.1) is 5.82 Å². The highest BCUT2D eigenvalue weighted by Crippen LogP contribution is 2.11. The van der Waals surface area contributed by atoms with E-state index >= 15 is 0 Å². The Labute approximate surface area is 112 Å². The van der Waals surface area contributed by atoms with Gasteiger partial charge in [0.1, 0.15) is 5.82 Å². The van der Waals surface area contributed by atoms with Gasteiger partial charge in [0, 0.05) is 24.7 Å². The Kier molecular flexibility index (Phi) is 4.87. The van der Waals surface area contributed by atoms with Gasteiger partial charge in [0.15, 0.2) is 0 Å². The largest absolute Gasteiger partial charge is 0.395 e. The Balaban J connectivity index is 2.04. The Morgan fingerprint density at radius 3 is 2.74 bits per heavy atom. The van der Waals surface area contributed by atoms with E-state index in [9.17, 15) is 9.18 Å². The number of carbonyl (C=O) groups is 1. The normalized spacial score (nSPS) is 18.5. The van der Waals surface area contributed by atoms with E-state index in [-0.39, 0.29) is 24.4 Å².